The number of ether oxygens (including phenoxy) is 2. The van der Waals surface area contributed by atoms with Crippen LogP contribution in [0.1, 0.15) is 167 Å². The van der Waals surface area contributed by atoms with Gasteiger partial charge < -0.3 is 25.4 Å². The predicted octanol–water partition coefficient (Wildman–Crippen LogP) is 12.4. The summed E-state index contributed by atoms with van der Waals surface area (Å²) >= 11 is 0. The highest BCUT2D eigenvalue weighted by molar-refractivity contribution is 5.58. The average molecular weight is 728 g/mol. The van der Waals surface area contributed by atoms with Crippen LogP contribution in [0.4, 0.5) is 0 Å². The Labute approximate surface area is 323 Å². The fraction of sp³-hybridized carbons (Fsp3) is 0.583. The van der Waals surface area contributed by atoms with Gasteiger partial charge in [-0.1, -0.05) is 169 Å². The SMILES string of the molecule is CCCCCCCCOc1ccc(C(C)(C)C)cc1C(O)(c1cc(C(C)(C)C)ccc1OCCCCCCCC)C(N)C(C)C=Cc1ccccc1O. The molecule has 0 saturated carbocycles. The molecule has 0 aliphatic rings. The number of rotatable bonds is 22. The van der Waals surface area contributed by atoms with Crippen molar-refractivity contribution in [2.45, 2.75) is 162 Å². The average Bonchev–Trinajstić information content (AvgIpc) is 3.12. The Morgan fingerprint density at radius 1 is 0.642 bits per heavy atom. The van der Waals surface area contributed by atoms with Crippen molar-refractivity contribution in [2.75, 3.05) is 13.2 Å². The van der Waals surface area contributed by atoms with E-state index in [4.69, 9.17) is 15.2 Å². The fourth-order valence-electron chi connectivity index (χ4n) is 6.86. The Morgan fingerprint density at radius 3 is 1.51 bits per heavy atom. The van der Waals surface area contributed by atoms with Gasteiger partial charge in [0.05, 0.1) is 13.2 Å². The van der Waals surface area contributed by atoms with E-state index < -0.39 is 11.6 Å². The zero-order valence-corrected chi connectivity index (χ0v) is 34.8. The Hall–Kier alpha value is -3.28. The third-order valence-corrected chi connectivity index (χ3v) is 10.6. The molecule has 3 aromatic carbocycles. The normalized spacial score (nSPS) is 13.7. The van der Waals surface area contributed by atoms with Gasteiger partial charge in [-0.3, -0.25) is 0 Å². The topological polar surface area (TPSA) is 84.9 Å². The molecule has 5 heteroatoms. The van der Waals surface area contributed by atoms with E-state index in [1.165, 1.54) is 51.4 Å². The molecule has 2 atom stereocenters. The molecule has 4 N–H and O–H groups in total. The minimum atomic E-state index is -1.70. The largest absolute Gasteiger partial charge is 0.507 e. The highest BCUT2D eigenvalue weighted by atomic mass is 16.5. The predicted molar refractivity (Wildman–Crippen MR) is 225 cm³/mol. The second-order valence-corrected chi connectivity index (χ2v) is 17.2. The molecule has 3 aromatic rings. The molecule has 0 saturated heterocycles. The van der Waals surface area contributed by atoms with Gasteiger partial charge in [0.15, 0.2) is 0 Å². The maximum Gasteiger partial charge on any atom is 0.137 e. The molecule has 0 amide bonds. The molecule has 0 heterocycles. The van der Waals surface area contributed by atoms with E-state index in [0.29, 0.717) is 41.4 Å². The van der Waals surface area contributed by atoms with E-state index in [1.54, 1.807) is 6.07 Å². The van der Waals surface area contributed by atoms with Crippen LogP contribution in [0.15, 0.2) is 66.7 Å². The van der Waals surface area contributed by atoms with Gasteiger partial charge in [0.1, 0.15) is 22.8 Å². The number of unbranched alkanes of at least 4 members (excludes halogenated alkanes) is 10. The van der Waals surface area contributed by atoms with E-state index in [0.717, 1.165) is 36.8 Å². The maximum absolute atomic E-state index is 13.7. The second kappa shape index (κ2) is 21.0. The number of aliphatic hydroxyl groups is 1. The third-order valence-electron chi connectivity index (χ3n) is 10.6. The summed E-state index contributed by atoms with van der Waals surface area (Å²) in [5.41, 5.74) is 9.51. The minimum absolute atomic E-state index is 0.182. The molecular formula is C48H73NO4. The summed E-state index contributed by atoms with van der Waals surface area (Å²) in [5.74, 6) is 1.18. The quantitative estimate of drug-likeness (QED) is 0.0897. The first-order valence-corrected chi connectivity index (χ1v) is 20.6. The lowest BCUT2D eigenvalue weighted by molar-refractivity contribution is 0.0334. The molecule has 0 spiro atoms. The number of hydrogen-bond donors (Lipinski definition) is 3. The molecule has 53 heavy (non-hydrogen) atoms. The van der Waals surface area contributed by atoms with Gasteiger partial charge in [0, 0.05) is 22.7 Å². The van der Waals surface area contributed by atoms with E-state index in [-0.39, 0.29) is 22.5 Å². The van der Waals surface area contributed by atoms with Gasteiger partial charge in [-0.15, -0.1) is 0 Å². The second-order valence-electron chi connectivity index (χ2n) is 17.2. The molecule has 0 aliphatic heterocycles. The molecular weight excluding hydrogens is 655 g/mol. The maximum atomic E-state index is 13.7. The van der Waals surface area contributed by atoms with Gasteiger partial charge >= 0.3 is 0 Å². The number of benzene rings is 3. The van der Waals surface area contributed by atoms with Crippen LogP contribution < -0.4 is 15.2 Å². The van der Waals surface area contributed by atoms with Crippen molar-refractivity contribution >= 4 is 6.08 Å². The molecule has 294 valence electrons. The molecule has 0 bridgehead atoms. The van der Waals surface area contributed by atoms with E-state index in [2.05, 4.69) is 79.7 Å². The lowest BCUT2D eigenvalue weighted by atomic mass is 9.72. The smallest absolute Gasteiger partial charge is 0.137 e. The summed E-state index contributed by atoms with van der Waals surface area (Å²) in [4.78, 5) is 0. The molecule has 2 unspecified atom stereocenters. The van der Waals surface area contributed by atoms with Crippen LogP contribution in [0, 0.1) is 5.92 Å². The van der Waals surface area contributed by atoms with Crippen LogP contribution in [0.2, 0.25) is 0 Å². The third kappa shape index (κ3) is 12.9. The summed E-state index contributed by atoms with van der Waals surface area (Å²) in [6.45, 7) is 20.8. The van der Waals surface area contributed by atoms with Crippen molar-refractivity contribution in [2.24, 2.45) is 11.7 Å². The molecule has 3 rings (SSSR count). The summed E-state index contributed by atoms with van der Waals surface area (Å²) in [7, 11) is 0. The first-order valence-electron chi connectivity index (χ1n) is 20.6. The molecule has 5 nitrogen and oxygen atoms in total. The van der Waals surface area contributed by atoms with Gasteiger partial charge in [0.25, 0.3) is 0 Å². The lowest BCUT2D eigenvalue weighted by Crippen LogP contribution is -2.50. The fourth-order valence-corrected chi connectivity index (χ4v) is 6.86. The van der Waals surface area contributed by atoms with E-state index in [1.807, 2.05) is 49.4 Å². The first kappa shape index (κ1) is 44.1. The monoisotopic (exact) mass is 728 g/mol. The van der Waals surface area contributed by atoms with Gasteiger partial charge in [-0.25, -0.2) is 0 Å². The zero-order valence-electron chi connectivity index (χ0n) is 34.8. The Bertz CT molecular complexity index is 1470. The number of nitrogens with two attached hydrogens (primary N) is 1. The molecule has 0 aliphatic carbocycles. The zero-order chi connectivity index (χ0) is 39.1. The summed E-state index contributed by atoms with van der Waals surface area (Å²) in [5, 5.41) is 24.2. The van der Waals surface area contributed by atoms with Crippen molar-refractivity contribution < 1.29 is 19.7 Å². The minimum Gasteiger partial charge on any atom is -0.507 e. The van der Waals surface area contributed by atoms with Crippen LogP contribution in [0.25, 0.3) is 6.08 Å². The first-order chi connectivity index (χ1) is 25.1. The van der Waals surface area contributed by atoms with Crippen LogP contribution >= 0.6 is 0 Å². The van der Waals surface area contributed by atoms with Crippen LogP contribution in [-0.4, -0.2) is 29.5 Å². The number of phenols is 1. The Balaban J connectivity index is 2.21. The lowest BCUT2D eigenvalue weighted by Gasteiger charge is -2.40. The van der Waals surface area contributed by atoms with Crippen molar-refractivity contribution in [3.05, 3.63) is 94.6 Å². The number of aromatic hydroxyl groups is 1. The summed E-state index contributed by atoms with van der Waals surface area (Å²) in [6, 6.07) is 19.0. The standard InChI is InChI=1S/C48H73NO4/c1-10-12-14-16-18-22-32-52-43-30-28-38(46(4,5)6)34-40(43)48(51,45(49)36(3)26-27-37-24-20-21-25-42(37)50)41-35-39(47(7,8)9)29-31-44(41)53-33-23-19-17-15-13-11-2/h20-21,24-31,34-36,45,50-51H,10-19,22-23,32-33,49H2,1-9H3. The van der Waals surface area contributed by atoms with Crippen molar-refractivity contribution in [3.63, 3.8) is 0 Å². The van der Waals surface area contributed by atoms with Gasteiger partial charge in [-0.05, 0) is 71.0 Å². The summed E-state index contributed by atoms with van der Waals surface area (Å²) < 4.78 is 13.3. The molecule has 0 aromatic heterocycles. The highest BCUT2D eigenvalue weighted by Gasteiger charge is 2.45. The van der Waals surface area contributed by atoms with Crippen LogP contribution in [0.3, 0.4) is 0 Å². The van der Waals surface area contributed by atoms with Crippen LogP contribution in [0.5, 0.6) is 17.2 Å². The summed E-state index contributed by atoms with van der Waals surface area (Å²) in [6.07, 6.45) is 17.8. The van der Waals surface area contributed by atoms with Crippen molar-refractivity contribution in [3.8, 4) is 17.2 Å². The highest BCUT2D eigenvalue weighted by Crippen LogP contribution is 2.46. The van der Waals surface area contributed by atoms with E-state index in [9.17, 15) is 10.2 Å². The van der Waals surface area contributed by atoms with Crippen molar-refractivity contribution in [1.82, 2.24) is 0 Å². The van der Waals surface area contributed by atoms with E-state index >= 15 is 0 Å². The number of phenolic OH excluding ortho intramolecular Hbond substituents is 1. The van der Waals surface area contributed by atoms with Gasteiger partial charge in [0.2, 0.25) is 0 Å². The van der Waals surface area contributed by atoms with Gasteiger partial charge in [-0.2, -0.15) is 0 Å². The van der Waals surface area contributed by atoms with Crippen molar-refractivity contribution in [1.29, 1.82) is 0 Å². The molecule has 0 fully saturated rings. The van der Waals surface area contributed by atoms with Crippen LogP contribution in [-0.2, 0) is 16.4 Å². The Morgan fingerprint density at radius 2 is 1.08 bits per heavy atom. The Kier molecular flexibility index (Phi) is 17.5. The number of para-hydroxylation sites is 1. The molecule has 0 radical (unpaired) electrons. The number of hydrogen-bond acceptors (Lipinski definition) is 5.